The van der Waals surface area contributed by atoms with Crippen LogP contribution in [0.1, 0.15) is 12.5 Å². The summed E-state index contributed by atoms with van der Waals surface area (Å²) in [5.74, 6) is 0. The van der Waals surface area contributed by atoms with Crippen molar-refractivity contribution >= 4 is 37.6 Å². The first-order valence-corrected chi connectivity index (χ1v) is 8.21. The van der Waals surface area contributed by atoms with Gasteiger partial charge in [-0.15, -0.1) is 0 Å². The van der Waals surface area contributed by atoms with Crippen LogP contribution in [0.5, 0.6) is 0 Å². The van der Waals surface area contributed by atoms with Crippen molar-refractivity contribution in [1.29, 1.82) is 0 Å². The molecule has 0 aromatic heterocycles. The molecule has 0 aliphatic rings. The van der Waals surface area contributed by atoms with Crippen LogP contribution in [0.25, 0.3) is 0 Å². The van der Waals surface area contributed by atoms with E-state index in [1.807, 2.05) is 0 Å². The maximum absolute atomic E-state index is 13.3. The molecule has 0 N–H and O–H groups in total. The fourth-order valence-electron chi connectivity index (χ4n) is 1.43. The molecule has 1 aromatic carbocycles. The molecule has 0 bridgehead atoms. The smallest absolute Gasteiger partial charge is 0.269 e. The number of alkyl halides is 3. The molecule has 114 valence electrons. The minimum atomic E-state index is -4.71. The van der Waals surface area contributed by atoms with Crippen molar-refractivity contribution in [1.82, 2.24) is 0 Å². The third-order valence-corrected chi connectivity index (χ3v) is 3.91. The Kier molecular flexibility index (Phi) is 5.17. The van der Waals surface area contributed by atoms with Crippen molar-refractivity contribution in [3.8, 4) is 0 Å². The Hall–Kier alpha value is -0.310. The highest BCUT2D eigenvalue weighted by molar-refractivity contribution is 9.10. The number of hydrogen-bond donors (Lipinski definition) is 0. The van der Waals surface area contributed by atoms with E-state index in [9.17, 15) is 21.6 Å². The van der Waals surface area contributed by atoms with E-state index in [0.717, 1.165) is 13.0 Å². The Morgan fingerprint density at radius 2 is 1.85 bits per heavy atom. The summed E-state index contributed by atoms with van der Waals surface area (Å²) < 4.78 is 66.5. The van der Waals surface area contributed by atoms with Gasteiger partial charge in [0.1, 0.15) is 5.41 Å². The van der Waals surface area contributed by atoms with Gasteiger partial charge in [0, 0.05) is 9.50 Å². The van der Waals surface area contributed by atoms with E-state index in [0.29, 0.717) is 10.7 Å². The van der Waals surface area contributed by atoms with E-state index in [1.165, 1.54) is 12.1 Å². The highest BCUT2D eigenvalue weighted by atomic mass is 79.9. The zero-order chi connectivity index (χ0) is 15.8. The molecule has 0 aliphatic carbocycles. The summed E-state index contributed by atoms with van der Waals surface area (Å²) in [7, 11) is -3.99. The largest absolute Gasteiger partial charge is 0.400 e. The summed E-state index contributed by atoms with van der Waals surface area (Å²) >= 11 is 8.79. The second-order valence-electron chi connectivity index (χ2n) is 4.45. The van der Waals surface area contributed by atoms with Gasteiger partial charge in [-0.05, 0) is 30.7 Å². The van der Waals surface area contributed by atoms with Crippen LogP contribution < -0.4 is 0 Å². The molecule has 0 radical (unpaired) electrons. The zero-order valence-electron chi connectivity index (χ0n) is 10.5. The van der Waals surface area contributed by atoms with Gasteiger partial charge in [0.05, 0.1) is 12.9 Å². The normalized spacial score (nSPS) is 15.9. The molecule has 1 atom stereocenters. The maximum Gasteiger partial charge on any atom is 0.400 e. The SMILES string of the molecule is CC(COS(C)(=O)=O)(c1cc(Cl)cc(Br)c1)C(F)(F)F. The molecule has 0 saturated heterocycles. The molecule has 0 heterocycles. The van der Waals surface area contributed by atoms with Crippen LogP contribution in [-0.4, -0.2) is 27.5 Å². The molecular weight excluding hydrogens is 385 g/mol. The molecule has 1 unspecified atom stereocenters. The quantitative estimate of drug-likeness (QED) is 0.726. The van der Waals surface area contributed by atoms with Gasteiger partial charge in [-0.3, -0.25) is 4.18 Å². The van der Waals surface area contributed by atoms with Crippen molar-refractivity contribution in [2.24, 2.45) is 0 Å². The average molecular weight is 396 g/mol. The molecule has 9 heteroatoms. The van der Waals surface area contributed by atoms with Gasteiger partial charge in [0.15, 0.2) is 0 Å². The third-order valence-electron chi connectivity index (χ3n) is 2.69. The molecule has 1 rings (SSSR count). The van der Waals surface area contributed by atoms with Gasteiger partial charge in [-0.25, -0.2) is 0 Å². The molecule has 0 aliphatic heterocycles. The molecular formula is C11H11BrClF3O3S. The van der Waals surface area contributed by atoms with Crippen LogP contribution in [0, 0.1) is 0 Å². The number of rotatable bonds is 4. The second-order valence-corrected chi connectivity index (χ2v) is 7.45. The zero-order valence-corrected chi connectivity index (χ0v) is 13.6. The Morgan fingerprint density at radius 3 is 2.25 bits per heavy atom. The van der Waals surface area contributed by atoms with Crippen LogP contribution in [0.3, 0.4) is 0 Å². The van der Waals surface area contributed by atoms with Crippen molar-refractivity contribution in [2.45, 2.75) is 18.5 Å². The highest BCUT2D eigenvalue weighted by Crippen LogP contribution is 2.42. The lowest BCUT2D eigenvalue weighted by molar-refractivity contribution is -0.192. The summed E-state index contributed by atoms with van der Waals surface area (Å²) in [5, 5.41) is 0.101. The Bertz CT molecular complexity index is 583. The lowest BCUT2D eigenvalue weighted by Crippen LogP contribution is -2.44. The van der Waals surface area contributed by atoms with E-state index in [2.05, 4.69) is 20.1 Å². The predicted molar refractivity (Wildman–Crippen MR) is 73.4 cm³/mol. The first-order chi connectivity index (χ1) is 8.85. The topological polar surface area (TPSA) is 43.4 Å². The van der Waals surface area contributed by atoms with Gasteiger partial charge in [-0.2, -0.15) is 21.6 Å². The van der Waals surface area contributed by atoms with Crippen molar-refractivity contribution in [3.05, 3.63) is 33.3 Å². The third kappa shape index (κ3) is 4.34. The highest BCUT2D eigenvalue weighted by Gasteiger charge is 2.53. The van der Waals surface area contributed by atoms with E-state index in [1.54, 1.807) is 0 Å². The van der Waals surface area contributed by atoms with Gasteiger partial charge < -0.3 is 0 Å². The van der Waals surface area contributed by atoms with E-state index in [-0.39, 0.29) is 10.6 Å². The Morgan fingerprint density at radius 1 is 1.30 bits per heavy atom. The summed E-state index contributed by atoms with van der Waals surface area (Å²) in [4.78, 5) is 0. The molecule has 0 saturated carbocycles. The monoisotopic (exact) mass is 394 g/mol. The first kappa shape index (κ1) is 17.7. The standard InChI is InChI=1S/C11H11BrClF3O3S/c1-10(11(14,15)16,6-19-20(2,17)18)7-3-8(12)5-9(13)4-7/h3-5H,6H2,1-2H3. The molecule has 3 nitrogen and oxygen atoms in total. The predicted octanol–water partition coefficient (Wildman–Crippen LogP) is 3.90. The molecule has 0 fully saturated rings. The number of benzene rings is 1. The van der Waals surface area contributed by atoms with Crippen LogP contribution in [0.15, 0.2) is 22.7 Å². The van der Waals surface area contributed by atoms with Gasteiger partial charge in [-0.1, -0.05) is 27.5 Å². The van der Waals surface area contributed by atoms with Gasteiger partial charge >= 0.3 is 6.18 Å². The van der Waals surface area contributed by atoms with E-state index < -0.39 is 28.3 Å². The number of hydrogen-bond acceptors (Lipinski definition) is 3. The van der Waals surface area contributed by atoms with E-state index >= 15 is 0 Å². The summed E-state index contributed by atoms with van der Waals surface area (Å²) in [5.41, 5.74) is -2.68. The molecule has 1 aromatic rings. The summed E-state index contributed by atoms with van der Waals surface area (Å²) in [6.07, 6.45) is -4.01. The summed E-state index contributed by atoms with van der Waals surface area (Å²) in [6.45, 7) is -0.196. The summed E-state index contributed by atoms with van der Waals surface area (Å²) in [6, 6.07) is 3.79. The van der Waals surface area contributed by atoms with Gasteiger partial charge in [0.25, 0.3) is 10.1 Å². The molecule has 0 amide bonds. The minimum Gasteiger partial charge on any atom is -0.269 e. The fourth-order valence-corrected chi connectivity index (χ4v) is 2.74. The maximum atomic E-state index is 13.3. The first-order valence-electron chi connectivity index (χ1n) is 5.23. The molecule has 20 heavy (non-hydrogen) atoms. The van der Waals surface area contributed by atoms with Crippen LogP contribution in [-0.2, 0) is 19.7 Å². The van der Waals surface area contributed by atoms with Gasteiger partial charge in [0.2, 0.25) is 0 Å². The van der Waals surface area contributed by atoms with Crippen molar-refractivity contribution in [3.63, 3.8) is 0 Å². The Labute approximate surface area is 128 Å². The van der Waals surface area contributed by atoms with Crippen LogP contribution in [0.2, 0.25) is 5.02 Å². The average Bonchev–Trinajstić information content (AvgIpc) is 2.21. The minimum absolute atomic E-state index is 0.101. The van der Waals surface area contributed by atoms with Crippen LogP contribution >= 0.6 is 27.5 Å². The fraction of sp³-hybridized carbons (Fsp3) is 0.455. The van der Waals surface area contributed by atoms with E-state index in [4.69, 9.17) is 11.6 Å². The van der Waals surface area contributed by atoms with Crippen molar-refractivity contribution in [2.75, 3.05) is 12.9 Å². The lowest BCUT2D eigenvalue weighted by atomic mass is 9.82. The lowest BCUT2D eigenvalue weighted by Gasteiger charge is -2.32. The van der Waals surface area contributed by atoms with Crippen LogP contribution in [0.4, 0.5) is 13.2 Å². The van der Waals surface area contributed by atoms with Crippen molar-refractivity contribution < 1.29 is 25.8 Å². The number of halogens is 5. The molecule has 0 spiro atoms. The Balaban J connectivity index is 3.31. The second kappa shape index (κ2) is 5.82.